The number of ether oxygens (including phenoxy) is 2. The number of hydrogen-bond donors (Lipinski definition) is 0. The summed E-state index contributed by atoms with van der Waals surface area (Å²) in [5.74, 6) is 1.60. The van der Waals surface area contributed by atoms with Crippen molar-refractivity contribution in [2.24, 2.45) is 0 Å². The van der Waals surface area contributed by atoms with Crippen LogP contribution in [0, 0.1) is 0 Å². The van der Waals surface area contributed by atoms with Crippen LogP contribution in [0.25, 0.3) is 33.9 Å². The lowest BCUT2D eigenvalue weighted by molar-refractivity contribution is 0.392. The molecule has 2 nitrogen and oxygen atoms in total. The first-order valence-corrected chi connectivity index (χ1v) is 17.2. The number of fused-ring (bicyclic) bond motifs is 3. The zero-order valence-corrected chi connectivity index (χ0v) is 30.0. The van der Waals surface area contributed by atoms with Crippen molar-refractivity contribution in [3.63, 3.8) is 0 Å². The van der Waals surface area contributed by atoms with Crippen molar-refractivity contribution in [2.75, 3.05) is 14.2 Å². The summed E-state index contributed by atoms with van der Waals surface area (Å²) < 4.78 is 12.0. The molecule has 0 bridgehead atoms. The maximum atomic E-state index is 5.98. The van der Waals surface area contributed by atoms with E-state index in [1.807, 2.05) is 18.2 Å². The van der Waals surface area contributed by atoms with E-state index >= 15 is 0 Å². The molecule has 0 fully saturated rings. The Kier molecular flexibility index (Phi) is 8.23. The Bertz CT molecular complexity index is 2190. The summed E-state index contributed by atoms with van der Waals surface area (Å²) in [5, 5.41) is 2.42. The van der Waals surface area contributed by atoms with Crippen LogP contribution in [0.15, 0.2) is 115 Å². The topological polar surface area (TPSA) is 18.5 Å². The van der Waals surface area contributed by atoms with Gasteiger partial charge in [-0.1, -0.05) is 133 Å². The van der Waals surface area contributed by atoms with Crippen molar-refractivity contribution in [2.45, 2.75) is 58.8 Å². The predicted molar refractivity (Wildman–Crippen MR) is 206 cm³/mol. The molecule has 0 unspecified atom stereocenters. The van der Waals surface area contributed by atoms with Crippen molar-refractivity contribution in [1.82, 2.24) is 0 Å². The lowest BCUT2D eigenvalue weighted by Gasteiger charge is -2.28. The van der Waals surface area contributed by atoms with Gasteiger partial charge in [0.25, 0.3) is 0 Å². The van der Waals surface area contributed by atoms with Crippen LogP contribution in [0.4, 0.5) is 0 Å². The summed E-state index contributed by atoms with van der Waals surface area (Å²) in [6.45, 7) is 13.9. The van der Waals surface area contributed by atoms with Gasteiger partial charge in [0.15, 0.2) is 0 Å². The number of methoxy groups -OCH3 is 2. The van der Waals surface area contributed by atoms with E-state index in [0.29, 0.717) is 0 Å². The molecule has 0 spiro atoms. The van der Waals surface area contributed by atoms with Crippen LogP contribution in [0.1, 0.15) is 86.9 Å². The highest BCUT2D eigenvalue weighted by atomic mass is 16.5. The first kappa shape index (κ1) is 32.5. The fourth-order valence-electron chi connectivity index (χ4n) is 7.57. The van der Waals surface area contributed by atoms with E-state index < -0.39 is 0 Å². The predicted octanol–water partition coefficient (Wildman–Crippen LogP) is 10.1. The summed E-state index contributed by atoms with van der Waals surface area (Å²) in [5.41, 5.74) is 14.3. The molecule has 5 aromatic carbocycles. The van der Waals surface area contributed by atoms with E-state index in [9.17, 15) is 0 Å². The molecule has 0 amide bonds. The van der Waals surface area contributed by atoms with Crippen molar-refractivity contribution in [1.29, 1.82) is 0 Å². The lowest BCUT2D eigenvalue weighted by atomic mass is 9.75. The Morgan fingerprint density at radius 2 is 1.24 bits per heavy atom. The number of hydrogen-bond acceptors (Lipinski definition) is 2. The van der Waals surface area contributed by atoms with Gasteiger partial charge in [-0.15, -0.1) is 0 Å². The molecular weight excluding hydrogens is 597 g/mol. The summed E-state index contributed by atoms with van der Waals surface area (Å²) in [6.07, 6.45) is 9.32. The standard InChI is InChI=1S/C47H45O2/c1-46(2,3)33-25-26-34-32(27-33)28-38-37(34)29-39(42(30-17-11-9-12-18-30)31-19-13-10-14-20-31)45(47(4,5)6)43(38)35-21-15-22-36(35)44-40(48-7)23-16-24-41(44)49-8/h9-20,22-27,29H,21H2,1-8H3. The van der Waals surface area contributed by atoms with Crippen molar-refractivity contribution in [3.05, 3.63) is 165 Å². The molecule has 0 aliphatic heterocycles. The van der Waals surface area contributed by atoms with E-state index in [1.165, 1.54) is 60.5 Å². The molecular formula is C47H45O2. The molecule has 0 saturated carbocycles. The lowest BCUT2D eigenvalue weighted by Crippen LogP contribution is -2.32. The first-order valence-electron chi connectivity index (χ1n) is 17.2. The Balaban J connectivity index is 1.72. The molecule has 0 heterocycles. The van der Waals surface area contributed by atoms with Gasteiger partial charge < -0.3 is 9.47 Å². The highest BCUT2D eigenvalue weighted by Gasteiger charge is 2.31. The minimum absolute atomic E-state index is 0.0309. The molecule has 7 rings (SSSR count). The molecule has 245 valence electrons. The number of rotatable bonds is 6. The van der Waals surface area contributed by atoms with E-state index in [4.69, 9.17) is 9.47 Å². The average molecular weight is 642 g/mol. The zero-order valence-electron chi connectivity index (χ0n) is 30.0. The van der Waals surface area contributed by atoms with E-state index in [0.717, 1.165) is 34.6 Å². The normalized spacial score (nSPS) is 13.6. The first-order chi connectivity index (χ1) is 23.5. The van der Waals surface area contributed by atoms with Crippen LogP contribution < -0.4 is 19.9 Å². The van der Waals surface area contributed by atoms with Crippen LogP contribution in [-0.4, -0.2) is 14.2 Å². The number of allylic oxidation sites excluding steroid dienone is 4. The van der Waals surface area contributed by atoms with E-state index in [-0.39, 0.29) is 10.8 Å². The second-order valence-corrected chi connectivity index (χ2v) is 15.1. The summed E-state index contributed by atoms with van der Waals surface area (Å²) >= 11 is 0. The Morgan fingerprint density at radius 3 is 1.80 bits per heavy atom. The average Bonchev–Trinajstić information content (AvgIpc) is 3.72. The monoisotopic (exact) mass is 641 g/mol. The Morgan fingerprint density at radius 1 is 0.633 bits per heavy atom. The SMILES string of the molecule is COc1cccc(OC)c1C1=C(c2c(C(C)(C)C)c(=C(c3ccccc3)c3ccccc3)cc3c2=[C]c2cc(C(C)(C)C)ccc2-3)CC=C1. The van der Waals surface area contributed by atoms with Gasteiger partial charge in [-0.05, 0) is 119 Å². The van der Waals surface area contributed by atoms with Gasteiger partial charge in [0, 0.05) is 0 Å². The molecule has 49 heavy (non-hydrogen) atoms. The van der Waals surface area contributed by atoms with Crippen molar-refractivity contribution < 1.29 is 9.47 Å². The molecule has 5 aromatic rings. The van der Waals surface area contributed by atoms with Crippen LogP contribution in [0.3, 0.4) is 0 Å². The zero-order chi connectivity index (χ0) is 34.5. The van der Waals surface area contributed by atoms with E-state index in [1.54, 1.807) is 14.2 Å². The van der Waals surface area contributed by atoms with Gasteiger partial charge in [-0.2, -0.15) is 0 Å². The Hall–Kier alpha value is -5.08. The van der Waals surface area contributed by atoms with Crippen molar-refractivity contribution in [3.8, 4) is 22.6 Å². The second-order valence-electron chi connectivity index (χ2n) is 15.1. The third kappa shape index (κ3) is 5.74. The van der Waals surface area contributed by atoms with Gasteiger partial charge in [-0.25, -0.2) is 0 Å². The minimum Gasteiger partial charge on any atom is -0.496 e. The van der Waals surface area contributed by atoms with Gasteiger partial charge in [0.2, 0.25) is 0 Å². The maximum absolute atomic E-state index is 5.98. The fourth-order valence-corrected chi connectivity index (χ4v) is 7.57. The quantitative estimate of drug-likeness (QED) is 0.180. The maximum Gasteiger partial charge on any atom is 0.130 e. The molecule has 0 saturated heterocycles. The highest BCUT2D eigenvalue weighted by molar-refractivity contribution is 6.04. The second kappa shape index (κ2) is 12.4. The van der Waals surface area contributed by atoms with Gasteiger partial charge in [0.1, 0.15) is 11.5 Å². The molecule has 2 aliphatic carbocycles. The molecule has 0 N–H and O–H groups in total. The third-order valence-electron chi connectivity index (χ3n) is 9.84. The van der Waals surface area contributed by atoms with Gasteiger partial charge in [0.05, 0.1) is 19.8 Å². The Labute approximate surface area is 291 Å². The number of benzene rings is 5. The molecule has 1 radical (unpaired) electrons. The van der Waals surface area contributed by atoms with Crippen LogP contribution in [-0.2, 0) is 10.8 Å². The van der Waals surface area contributed by atoms with Crippen LogP contribution >= 0.6 is 0 Å². The van der Waals surface area contributed by atoms with E-state index in [2.05, 4.69) is 145 Å². The molecule has 2 heteroatoms. The van der Waals surface area contributed by atoms with Gasteiger partial charge in [-0.3, -0.25) is 0 Å². The molecule has 0 atom stereocenters. The highest BCUT2D eigenvalue weighted by Crippen LogP contribution is 2.45. The fraction of sp³-hybridized carbons (Fsp3) is 0.234. The summed E-state index contributed by atoms with van der Waals surface area (Å²) in [6, 6.07) is 37.2. The molecule has 2 aliphatic rings. The minimum atomic E-state index is -0.215. The van der Waals surface area contributed by atoms with Crippen molar-refractivity contribution >= 4 is 22.8 Å². The van der Waals surface area contributed by atoms with Gasteiger partial charge >= 0.3 is 0 Å². The summed E-state index contributed by atoms with van der Waals surface area (Å²) in [7, 11) is 3.48. The third-order valence-corrected chi connectivity index (χ3v) is 9.84. The molecule has 0 aromatic heterocycles. The van der Waals surface area contributed by atoms with Crippen LogP contribution in [0.5, 0.6) is 11.5 Å². The smallest absolute Gasteiger partial charge is 0.130 e. The summed E-state index contributed by atoms with van der Waals surface area (Å²) in [4.78, 5) is 0. The largest absolute Gasteiger partial charge is 0.496 e. The van der Waals surface area contributed by atoms with Crippen LogP contribution in [0.2, 0.25) is 0 Å².